The Balaban J connectivity index is 1.82. The van der Waals surface area contributed by atoms with Gasteiger partial charge in [-0.3, -0.25) is 9.59 Å². The number of benzene rings is 1. The smallest absolute Gasteiger partial charge is 0.338 e. The molecule has 1 aromatic carbocycles. The Morgan fingerprint density at radius 1 is 1.11 bits per heavy atom. The molecule has 7 heteroatoms. The number of piperidine rings is 2. The van der Waals surface area contributed by atoms with Gasteiger partial charge in [0.25, 0.3) is 5.91 Å². The molecule has 0 aromatic heterocycles. The molecule has 7 nitrogen and oxygen atoms in total. The minimum Gasteiger partial charge on any atom is -0.497 e. The Kier molecular flexibility index (Phi) is 5.91. The van der Waals surface area contributed by atoms with Crippen molar-refractivity contribution >= 4 is 17.8 Å². The Labute approximate surface area is 165 Å². The van der Waals surface area contributed by atoms with Crippen LogP contribution >= 0.6 is 0 Å². The van der Waals surface area contributed by atoms with Crippen LogP contribution in [-0.4, -0.2) is 68.0 Å². The lowest BCUT2D eigenvalue weighted by Crippen LogP contribution is -2.55. The third-order valence-corrected chi connectivity index (χ3v) is 5.89. The van der Waals surface area contributed by atoms with Gasteiger partial charge in [-0.15, -0.1) is 0 Å². The number of hydrogen-bond donors (Lipinski definition) is 0. The highest BCUT2D eigenvalue weighted by atomic mass is 16.5. The van der Waals surface area contributed by atoms with Crippen LogP contribution in [0.3, 0.4) is 0 Å². The van der Waals surface area contributed by atoms with Crippen LogP contribution < -0.4 is 4.74 Å². The summed E-state index contributed by atoms with van der Waals surface area (Å²) in [5.41, 5.74) is 0.662. The number of rotatable bonds is 4. The number of nitrogens with zero attached hydrogens (tertiary/aromatic N) is 2. The van der Waals surface area contributed by atoms with Gasteiger partial charge >= 0.3 is 5.97 Å². The molecule has 28 heavy (non-hydrogen) atoms. The van der Waals surface area contributed by atoms with Crippen molar-refractivity contribution < 1.29 is 23.9 Å². The largest absolute Gasteiger partial charge is 0.497 e. The Hall–Kier alpha value is -2.57. The maximum absolute atomic E-state index is 13.2. The summed E-state index contributed by atoms with van der Waals surface area (Å²) in [6.45, 7) is 4.70. The van der Waals surface area contributed by atoms with Crippen LogP contribution in [0, 0.1) is 5.41 Å². The van der Waals surface area contributed by atoms with Crippen molar-refractivity contribution in [1.29, 1.82) is 0 Å². The van der Waals surface area contributed by atoms with Gasteiger partial charge in [-0.1, -0.05) is 0 Å². The number of carbonyl (C=O) groups is 3. The molecule has 0 radical (unpaired) electrons. The quantitative estimate of drug-likeness (QED) is 0.740. The Morgan fingerprint density at radius 2 is 1.86 bits per heavy atom. The van der Waals surface area contributed by atoms with Gasteiger partial charge in [0.15, 0.2) is 0 Å². The summed E-state index contributed by atoms with van der Waals surface area (Å²) < 4.78 is 10.0. The second-order valence-electron chi connectivity index (χ2n) is 7.68. The second kappa shape index (κ2) is 8.20. The molecule has 1 aromatic rings. The maximum Gasteiger partial charge on any atom is 0.338 e. The van der Waals surface area contributed by atoms with Crippen LogP contribution in [0.2, 0.25) is 0 Å². The van der Waals surface area contributed by atoms with Crippen molar-refractivity contribution in [3.05, 3.63) is 29.3 Å². The molecule has 1 spiro atoms. The molecule has 2 aliphatic rings. The normalized spacial score (nSPS) is 22.3. The summed E-state index contributed by atoms with van der Waals surface area (Å²) in [4.78, 5) is 41.0. The van der Waals surface area contributed by atoms with Crippen LogP contribution in [0.5, 0.6) is 5.75 Å². The van der Waals surface area contributed by atoms with Crippen LogP contribution in [0.1, 0.15) is 53.3 Å². The fourth-order valence-corrected chi connectivity index (χ4v) is 4.36. The highest BCUT2D eigenvalue weighted by Gasteiger charge is 2.42. The average molecular weight is 388 g/mol. The molecular weight excluding hydrogens is 360 g/mol. The van der Waals surface area contributed by atoms with Gasteiger partial charge in [0, 0.05) is 43.6 Å². The highest BCUT2D eigenvalue weighted by molar-refractivity contribution is 5.98. The fraction of sp³-hybridized carbons (Fsp3) is 0.571. The molecule has 3 rings (SSSR count). The first-order chi connectivity index (χ1) is 13.4. The van der Waals surface area contributed by atoms with Crippen molar-refractivity contribution in [1.82, 2.24) is 9.80 Å². The van der Waals surface area contributed by atoms with Crippen LogP contribution in [0.15, 0.2) is 18.2 Å². The van der Waals surface area contributed by atoms with E-state index in [1.165, 1.54) is 14.2 Å². The van der Waals surface area contributed by atoms with Crippen LogP contribution in [0.4, 0.5) is 0 Å². The summed E-state index contributed by atoms with van der Waals surface area (Å²) in [5.74, 6) is 0.0148. The van der Waals surface area contributed by atoms with E-state index in [-0.39, 0.29) is 22.8 Å². The fourth-order valence-electron chi connectivity index (χ4n) is 4.36. The Morgan fingerprint density at radius 3 is 2.54 bits per heavy atom. The average Bonchev–Trinajstić information content (AvgIpc) is 2.74. The van der Waals surface area contributed by atoms with E-state index >= 15 is 0 Å². The van der Waals surface area contributed by atoms with Crippen LogP contribution in [-0.2, 0) is 9.53 Å². The lowest BCUT2D eigenvalue weighted by atomic mass is 9.73. The second-order valence-corrected chi connectivity index (χ2v) is 7.68. The molecule has 0 saturated carbocycles. The highest BCUT2D eigenvalue weighted by Crippen LogP contribution is 2.39. The Bertz CT molecular complexity index is 778. The molecule has 2 heterocycles. The van der Waals surface area contributed by atoms with E-state index in [1.807, 2.05) is 16.7 Å². The molecule has 0 N–H and O–H groups in total. The maximum atomic E-state index is 13.2. The SMILES string of the molecule is CCN1C[C@]2(CCCN(C(=O)c3cc(OC)cc(C(=O)OC)c3)C2)CCC1=O. The molecule has 0 bridgehead atoms. The first-order valence-corrected chi connectivity index (χ1v) is 9.76. The van der Waals surface area contributed by atoms with E-state index in [9.17, 15) is 14.4 Å². The van der Waals surface area contributed by atoms with E-state index in [0.29, 0.717) is 43.9 Å². The number of esters is 1. The number of hydrogen-bond acceptors (Lipinski definition) is 5. The third-order valence-electron chi connectivity index (χ3n) is 5.89. The van der Waals surface area contributed by atoms with E-state index in [4.69, 9.17) is 9.47 Å². The number of amides is 2. The van der Waals surface area contributed by atoms with E-state index in [1.54, 1.807) is 18.2 Å². The van der Waals surface area contributed by atoms with Crippen molar-refractivity contribution in [2.24, 2.45) is 5.41 Å². The third kappa shape index (κ3) is 3.98. The number of methoxy groups -OCH3 is 2. The van der Waals surface area contributed by atoms with Crippen molar-refractivity contribution in [3.8, 4) is 5.75 Å². The summed E-state index contributed by atoms with van der Waals surface area (Å²) >= 11 is 0. The molecule has 1 atom stereocenters. The topological polar surface area (TPSA) is 76.2 Å². The van der Waals surface area contributed by atoms with Crippen LogP contribution in [0.25, 0.3) is 0 Å². The number of likely N-dealkylation sites (tertiary alicyclic amines) is 2. The summed E-state index contributed by atoms with van der Waals surface area (Å²) in [6, 6.07) is 4.77. The minimum absolute atomic E-state index is 0.0398. The predicted octanol–water partition coefficient (Wildman–Crippen LogP) is 2.35. The van der Waals surface area contributed by atoms with Crippen molar-refractivity contribution in [3.63, 3.8) is 0 Å². The first-order valence-electron chi connectivity index (χ1n) is 9.76. The van der Waals surface area contributed by atoms with Gasteiger partial charge in [-0.2, -0.15) is 0 Å². The lowest BCUT2D eigenvalue weighted by Gasteiger charge is -2.48. The van der Waals surface area contributed by atoms with Gasteiger partial charge in [0.05, 0.1) is 19.8 Å². The molecule has 0 aliphatic carbocycles. The molecule has 0 unspecified atom stereocenters. The molecule has 152 valence electrons. The zero-order valence-electron chi connectivity index (χ0n) is 16.8. The molecular formula is C21H28N2O5. The monoisotopic (exact) mass is 388 g/mol. The molecule has 2 fully saturated rings. The zero-order chi connectivity index (χ0) is 20.3. The summed E-state index contributed by atoms with van der Waals surface area (Å²) in [7, 11) is 2.81. The zero-order valence-corrected chi connectivity index (χ0v) is 16.8. The molecule has 2 amide bonds. The van der Waals surface area contributed by atoms with Crippen molar-refractivity contribution in [2.45, 2.75) is 32.6 Å². The van der Waals surface area contributed by atoms with Gasteiger partial charge < -0.3 is 19.3 Å². The van der Waals surface area contributed by atoms with E-state index in [0.717, 1.165) is 19.3 Å². The van der Waals surface area contributed by atoms with E-state index in [2.05, 4.69) is 0 Å². The van der Waals surface area contributed by atoms with Crippen molar-refractivity contribution in [2.75, 3.05) is 40.4 Å². The standard InChI is InChI=1S/C21H28N2O5/c1-4-22-13-21(8-6-18(22)24)7-5-9-23(14-21)19(25)15-10-16(20(26)28-3)12-17(11-15)27-2/h10-12H,4-9,13-14H2,1-3H3/t21-/m0/s1. The lowest BCUT2D eigenvalue weighted by molar-refractivity contribution is -0.138. The minimum atomic E-state index is -0.507. The van der Waals surface area contributed by atoms with Gasteiger partial charge in [-0.25, -0.2) is 4.79 Å². The first kappa shape index (κ1) is 20.2. The van der Waals surface area contributed by atoms with Gasteiger partial charge in [-0.05, 0) is 44.4 Å². The van der Waals surface area contributed by atoms with Gasteiger partial charge in [0.2, 0.25) is 5.91 Å². The summed E-state index contributed by atoms with van der Waals surface area (Å²) in [6.07, 6.45) is 3.29. The molecule has 2 aliphatic heterocycles. The summed E-state index contributed by atoms with van der Waals surface area (Å²) in [5, 5.41) is 0. The number of carbonyl (C=O) groups excluding carboxylic acids is 3. The molecule has 2 saturated heterocycles. The number of ether oxygens (including phenoxy) is 2. The van der Waals surface area contributed by atoms with Gasteiger partial charge in [0.1, 0.15) is 5.75 Å². The predicted molar refractivity (Wildman–Crippen MR) is 103 cm³/mol. The van der Waals surface area contributed by atoms with E-state index < -0.39 is 5.97 Å².